The van der Waals surface area contributed by atoms with Gasteiger partial charge in [-0.2, -0.15) is 0 Å². The Labute approximate surface area is 119 Å². The lowest BCUT2D eigenvalue weighted by molar-refractivity contribution is 0.0979. The van der Waals surface area contributed by atoms with Gasteiger partial charge in [0.25, 0.3) is 0 Å². The molecule has 2 nitrogen and oxygen atoms in total. The van der Waals surface area contributed by atoms with Crippen LogP contribution in [0.25, 0.3) is 10.8 Å². The molecule has 0 fully saturated rings. The van der Waals surface area contributed by atoms with Crippen molar-refractivity contribution in [2.45, 2.75) is 0 Å². The molecule has 1 aliphatic rings. The number of hydrogen-bond acceptors (Lipinski definition) is 2. The summed E-state index contributed by atoms with van der Waals surface area (Å²) in [6, 6.07) is 14.4. The van der Waals surface area contributed by atoms with Crippen molar-refractivity contribution in [1.82, 2.24) is 0 Å². The number of benzene rings is 3. The monoisotopic (exact) mass is 276 g/mol. The van der Waals surface area contributed by atoms with Gasteiger partial charge in [-0.15, -0.1) is 0 Å². The quantitative estimate of drug-likeness (QED) is 0.490. The van der Waals surface area contributed by atoms with E-state index in [2.05, 4.69) is 0 Å². The summed E-state index contributed by atoms with van der Waals surface area (Å²) in [5.41, 5.74) is 1.57. The molecule has 100 valence electrons. The van der Waals surface area contributed by atoms with Crippen molar-refractivity contribution < 1.29 is 14.0 Å². The van der Waals surface area contributed by atoms with E-state index in [-0.39, 0.29) is 17.4 Å². The molecule has 3 aromatic rings. The summed E-state index contributed by atoms with van der Waals surface area (Å²) >= 11 is 0. The molecule has 0 aliphatic heterocycles. The van der Waals surface area contributed by atoms with Gasteiger partial charge in [0.15, 0.2) is 11.6 Å². The fraction of sp³-hybridized carbons (Fsp3) is 0. The highest BCUT2D eigenvalue weighted by Crippen LogP contribution is 2.30. The van der Waals surface area contributed by atoms with E-state index in [1.807, 2.05) is 0 Å². The Kier molecular flexibility index (Phi) is 2.33. The lowest BCUT2D eigenvalue weighted by Crippen LogP contribution is -2.20. The van der Waals surface area contributed by atoms with E-state index in [1.54, 1.807) is 42.5 Å². The van der Waals surface area contributed by atoms with Crippen LogP contribution >= 0.6 is 0 Å². The third kappa shape index (κ3) is 1.64. The van der Waals surface area contributed by atoms with E-state index in [0.717, 1.165) is 5.39 Å². The van der Waals surface area contributed by atoms with Crippen molar-refractivity contribution in [1.29, 1.82) is 0 Å². The van der Waals surface area contributed by atoms with Gasteiger partial charge in [-0.3, -0.25) is 9.59 Å². The van der Waals surface area contributed by atoms with Crippen LogP contribution in [0.15, 0.2) is 54.6 Å². The van der Waals surface area contributed by atoms with Crippen molar-refractivity contribution in [2.24, 2.45) is 0 Å². The molecule has 0 atom stereocenters. The largest absolute Gasteiger partial charge is 0.289 e. The molecular weight excluding hydrogens is 267 g/mol. The fourth-order valence-electron chi connectivity index (χ4n) is 2.81. The smallest absolute Gasteiger partial charge is 0.194 e. The number of carbonyl (C=O) groups is 2. The highest BCUT2D eigenvalue weighted by atomic mass is 19.1. The Morgan fingerprint density at radius 3 is 1.81 bits per heavy atom. The zero-order chi connectivity index (χ0) is 14.6. The molecule has 0 N–H and O–H groups in total. The second kappa shape index (κ2) is 4.09. The highest BCUT2D eigenvalue weighted by Gasteiger charge is 2.29. The molecule has 0 bridgehead atoms. The predicted octanol–water partition coefficient (Wildman–Crippen LogP) is 3.75. The Balaban J connectivity index is 2.06. The van der Waals surface area contributed by atoms with Gasteiger partial charge in [0.1, 0.15) is 5.82 Å². The number of rotatable bonds is 0. The van der Waals surface area contributed by atoms with E-state index in [9.17, 15) is 14.0 Å². The Morgan fingerprint density at radius 2 is 1.19 bits per heavy atom. The zero-order valence-electron chi connectivity index (χ0n) is 10.9. The van der Waals surface area contributed by atoms with Crippen LogP contribution in [0.3, 0.4) is 0 Å². The van der Waals surface area contributed by atoms with Crippen molar-refractivity contribution >= 4 is 22.3 Å². The first-order valence-electron chi connectivity index (χ1n) is 6.57. The molecule has 0 saturated heterocycles. The minimum atomic E-state index is -0.363. The predicted molar refractivity (Wildman–Crippen MR) is 77.2 cm³/mol. The van der Waals surface area contributed by atoms with E-state index in [0.29, 0.717) is 27.6 Å². The first kappa shape index (κ1) is 12.0. The van der Waals surface area contributed by atoms with E-state index < -0.39 is 0 Å². The van der Waals surface area contributed by atoms with Gasteiger partial charge in [0.05, 0.1) is 0 Å². The molecule has 3 heteroatoms. The Morgan fingerprint density at radius 1 is 0.619 bits per heavy atom. The maximum Gasteiger partial charge on any atom is 0.194 e. The van der Waals surface area contributed by atoms with Crippen LogP contribution in [-0.4, -0.2) is 11.6 Å². The number of halogens is 1. The van der Waals surface area contributed by atoms with Crippen molar-refractivity contribution in [3.8, 4) is 0 Å². The van der Waals surface area contributed by atoms with Gasteiger partial charge >= 0.3 is 0 Å². The topological polar surface area (TPSA) is 34.1 Å². The second-order valence-electron chi connectivity index (χ2n) is 5.09. The minimum absolute atomic E-state index is 0.161. The average molecular weight is 276 g/mol. The zero-order valence-corrected chi connectivity index (χ0v) is 10.9. The number of fused-ring (bicyclic) bond motifs is 3. The van der Waals surface area contributed by atoms with Gasteiger partial charge < -0.3 is 0 Å². The fourth-order valence-corrected chi connectivity index (χ4v) is 2.81. The second-order valence-corrected chi connectivity index (χ2v) is 5.09. The molecule has 3 aromatic carbocycles. The third-order valence-electron chi connectivity index (χ3n) is 3.84. The summed E-state index contributed by atoms with van der Waals surface area (Å²) in [4.78, 5) is 25.1. The molecule has 21 heavy (non-hydrogen) atoms. The van der Waals surface area contributed by atoms with Crippen LogP contribution < -0.4 is 0 Å². The van der Waals surface area contributed by atoms with Crippen LogP contribution in [0.1, 0.15) is 31.8 Å². The van der Waals surface area contributed by atoms with E-state index in [4.69, 9.17) is 0 Å². The van der Waals surface area contributed by atoms with E-state index >= 15 is 0 Å². The summed E-state index contributed by atoms with van der Waals surface area (Å²) in [5.74, 6) is -0.713. The maximum atomic E-state index is 13.3. The molecule has 1 aliphatic carbocycles. The SMILES string of the molecule is O=C1c2ccccc2C(=O)c2cc3cc(F)ccc3cc21. The van der Waals surface area contributed by atoms with Crippen LogP contribution in [0.2, 0.25) is 0 Å². The van der Waals surface area contributed by atoms with Gasteiger partial charge in [0, 0.05) is 22.3 Å². The molecule has 0 radical (unpaired) electrons. The molecule has 0 amide bonds. The number of hydrogen-bond donors (Lipinski definition) is 0. The number of carbonyl (C=O) groups excluding carboxylic acids is 2. The normalized spacial score (nSPS) is 13.2. The molecule has 0 spiro atoms. The molecule has 0 saturated carbocycles. The summed E-state index contributed by atoms with van der Waals surface area (Å²) in [7, 11) is 0. The summed E-state index contributed by atoms with van der Waals surface area (Å²) in [6.45, 7) is 0. The van der Waals surface area contributed by atoms with E-state index in [1.165, 1.54) is 12.1 Å². The van der Waals surface area contributed by atoms with Crippen LogP contribution in [-0.2, 0) is 0 Å². The van der Waals surface area contributed by atoms with Crippen LogP contribution in [0, 0.1) is 5.82 Å². The molecule has 0 unspecified atom stereocenters. The summed E-state index contributed by atoms with van der Waals surface area (Å²) in [6.07, 6.45) is 0. The van der Waals surface area contributed by atoms with Crippen LogP contribution in [0.5, 0.6) is 0 Å². The molecular formula is C18H9FO2. The molecule has 4 rings (SSSR count). The van der Waals surface area contributed by atoms with Crippen molar-refractivity contribution in [3.63, 3.8) is 0 Å². The van der Waals surface area contributed by atoms with Gasteiger partial charge in [-0.05, 0) is 35.0 Å². The first-order valence-corrected chi connectivity index (χ1v) is 6.57. The standard InChI is InChI=1S/C18H9FO2/c19-12-6-5-10-8-15-16(9-11(10)7-12)18(21)14-4-2-1-3-13(14)17(15)20/h1-9H. The summed E-state index contributed by atoms with van der Waals surface area (Å²) < 4.78 is 13.3. The summed E-state index contributed by atoms with van der Waals surface area (Å²) in [5, 5.41) is 1.37. The Hall–Kier alpha value is -2.81. The highest BCUT2D eigenvalue weighted by molar-refractivity contribution is 6.29. The lowest BCUT2D eigenvalue weighted by Gasteiger charge is -2.18. The number of ketones is 2. The van der Waals surface area contributed by atoms with Gasteiger partial charge in [0.2, 0.25) is 0 Å². The van der Waals surface area contributed by atoms with Crippen molar-refractivity contribution in [3.05, 3.63) is 82.7 Å². The molecule has 0 aromatic heterocycles. The first-order chi connectivity index (χ1) is 10.1. The minimum Gasteiger partial charge on any atom is -0.289 e. The van der Waals surface area contributed by atoms with Gasteiger partial charge in [-0.25, -0.2) is 4.39 Å². The molecule has 0 heterocycles. The van der Waals surface area contributed by atoms with Crippen LogP contribution in [0.4, 0.5) is 4.39 Å². The maximum absolute atomic E-state index is 13.3. The Bertz CT molecular complexity index is 941. The van der Waals surface area contributed by atoms with Crippen molar-refractivity contribution in [2.75, 3.05) is 0 Å². The third-order valence-corrected chi connectivity index (χ3v) is 3.84. The van der Waals surface area contributed by atoms with Gasteiger partial charge in [-0.1, -0.05) is 30.3 Å². The lowest BCUT2D eigenvalue weighted by atomic mass is 9.83. The average Bonchev–Trinajstić information content (AvgIpc) is 2.51.